The van der Waals surface area contributed by atoms with Gasteiger partial charge in [-0.1, -0.05) is 23.7 Å². The lowest BCUT2D eigenvalue weighted by molar-refractivity contribution is 0.414. The Balaban J connectivity index is 1.87. The molecule has 0 radical (unpaired) electrons. The first-order valence-electron chi connectivity index (χ1n) is 7.71. The van der Waals surface area contributed by atoms with E-state index in [1.54, 1.807) is 29.9 Å². The zero-order chi connectivity index (χ0) is 16.7. The maximum Gasteiger partial charge on any atom is 0.261 e. The molecule has 0 N–H and O–H groups in total. The minimum atomic E-state index is -0.0356. The van der Waals surface area contributed by atoms with Crippen molar-refractivity contribution in [1.82, 2.24) is 9.55 Å². The van der Waals surface area contributed by atoms with Crippen molar-refractivity contribution in [3.63, 3.8) is 0 Å². The number of aromatic nitrogens is 2. The van der Waals surface area contributed by atoms with Gasteiger partial charge in [-0.2, -0.15) is 0 Å². The monoisotopic (exact) mass is 338 g/mol. The van der Waals surface area contributed by atoms with E-state index in [4.69, 9.17) is 16.3 Å². The van der Waals surface area contributed by atoms with Gasteiger partial charge in [0.15, 0.2) is 0 Å². The predicted molar refractivity (Wildman–Crippen MR) is 96.5 cm³/mol. The van der Waals surface area contributed by atoms with Gasteiger partial charge in [0.25, 0.3) is 5.56 Å². The predicted octanol–water partition coefficient (Wildman–Crippen LogP) is 4.00. The van der Waals surface area contributed by atoms with Crippen LogP contribution in [0.3, 0.4) is 0 Å². The lowest BCUT2D eigenvalue weighted by atomic mass is 10.1. The fourth-order valence-electron chi connectivity index (χ4n) is 3.06. The number of halogens is 1. The zero-order valence-corrected chi connectivity index (χ0v) is 13.9. The number of hydrogen-bond donors (Lipinski definition) is 0. The summed E-state index contributed by atoms with van der Waals surface area (Å²) in [6.07, 6.45) is 2.85. The highest BCUT2D eigenvalue weighted by molar-refractivity contribution is 6.31. The summed E-state index contributed by atoms with van der Waals surface area (Å²) in [5.41, 5.74) is 2.72. The quantitative estimate of drug-likeness (QED) is 0.709. The summed E-state index contributed by atoms with van der Waals surface area (Å²) in [6.45, 7) is 0.638. The zero-order valence-electron chi connectivity index (χ0n) is 13.1. The van der Waals surface area contributed by atoms with Crippen LogP contribution in [-0.4, -0.2) is 16.7 Å². The van der Waals surface area contributed by atoms with E-state index in [-0.39, 0.29) is 5.56 Å². The largest absolute Gasteiger partial charge is 0.497 e. The summed E-state index contributed by atoms with van der Waals surface area (Å²) in [4.78, 5) is 17.4. The molecular weight excluding hydrogens is 324 g/mol. The summed E-state index contributed by atoms with van der Waals surface area (Å²) in [5.74, 6) is 1.54. The normalized spacial score (nSPS) is 15.0. The molecule has 1 aliphatic heterocycles. The molecule has 4 rings (SSSR count). The van der Waals surface area contributed by atoms with Crippen molar-refractivity contribution in [1.29, 1.82) is 0 Å². The Morgan fingerprint density at radius 2 is 2.12 bits per heavy atom. The molecule has 120 valence electrons. The fraction of sp³-hybridized carbons (Fsp3) is 0.158. The molecule has 0 amide bonds. The van der Waals surface area contributed by atoms with Gasteiger partial charge < -0.3 is 4.74 Å². The summed E-state index contributed by atoms with van der Waals surface area (Å²) < 4.78 is 6.99. The molecule has 0 spiro atoms. The maximum atomic E-state index is 12.7. The van der Waals surface area contributed by atoms with Crippen LogP contribution in [0.15, 0.2) is 47.3 Å². The Bertz CT molecular complexity index is 1040. The minimum Gasteiger partial charge on any atom is -0.497 e. The van der Waals surface area contributed by atoms with Crippen LogP contribution in [0, 0.1) is 0 Å². The molecule has 0 atom stereocenters. The van der Waals surface area contributed by atoms with E-state index in [9.17, 15) is 4.79 Å². The van der Waals surface area contributed by atoms with E-state index in [1.807, 2.05) is 24.3 Å². The standard InChI is InChI=1S/C19H15ClN2O2/c1-24-15-4-2-3-12(10-15)9-13-7-8-22-18(13)21-17-6-5-14(20)11-16(17)19(22)23/h2-6,9-11H,7-8H2,1H3/b13-9+. The van der Waals surface area contributed by atoms with Crippen LogP contribution in [0.2, 0.25) is 5.02 Å². The summed E-state index contributed by atoms with van der Waals surface area (Å²) >= 11 is 6.01. The third-order valence-electron chi connectivity index (χ3n) is 4.24. The van der Waals surface area contributed by atoms with Gasteiger partial charge in [0, 0.05) is 11.6 Å². The lowest BCUT2D eigenvalue weighted by Gasteiger charge is -2.06. The molecule has 2 heterocycles. The number of methoxy groups -OCH3 is 1. The summed E-state index contributed by atoms with van der Waals surface area (Å²) in [6, 6.07) is 13.1. The van der Waals surface area contributed by atoms with Crippen molar-refractivity contribution in [2.24, 2.45) is 0 Å². The van der Waals surface area contributed by atoms with E-state index >= 15 is 0 Å². The molecule has 2 aromatic carbocycles. The van der Waals surface area contributed by atoms with E-state index in [1.165, 1.54) is 0 Å². The van der Waals surface area contributed by atoms with Crippen molar-refractivity contribution < 1.29 is 4.74 Å². The summed E-state index contributed by atoms with van der Waals surface area (Å²) in [5, 5.41) is 1.11. The second kappa shape index (κ2) is 5.80. The van der Waals surface area contributed by atoms with Crippen molar-refractivity contribution in [2.45, 2.75) is 13.0 Å². The van der Waals surface area contributed by atoms with Crippen LogP contribution in [0.5, 0.6) is 5.75 Å². The van der Waals surface area contributed by atoms with E-state index in [0.717, 1.165) is 29.1 Å². The Morgan fingerprint density at radius 3 is 2.96 bits per heavy atom. The number of allylic oxidation sites excluding steroid dienone is 1. The van der Waals surface area contributed by atoms with Crippen LogP contribution < -0.4 is 10.3 Å². The van der Waals surface area contributed by atoms with Gasteiger partial charge in [-0.3, -0.25) is 9.36 Å². The Kier molecular flexibility index (Phi) is 3.62. The molecule has 0 aliphatic carbocycles. The number of hydrogen-bond acceptors (Lipinski definition) is 3. The SMILES string of the molecule is COc1cccc(/C=C2\CCn3c2nc2ccc(Cl)cc2c3=O)c1. The Hall–Kier alpha value is -2.59. The van der Waals surface area contributed by atoms with Crippen LogP contribution in [0.4, 0.5) is 0 Å². The Labute approximate surface area is 144 Å². The molecule has 4 nitrogen and oxygen atoms in total. The summed E-state index contributed by atoms with van der Waals surface area (Å²) in [7, 11) is 1.65. The van der Waals surface area contributed by atoms with E-state index < -0.39 is 0 Å². The number of benzene rings is 2. The molecule has 3 aromatic rings. The van der Waals surface area contributed by atoms with Crippen molar-refractivity contribution in [3.05, 3.63) is 69.2 Å². The second-order valence-corrected chi connectivity index (χ2v) is 6.19. The highest BCUT2D eigenvalue weighted by Gasteiger charge is 2.20. The first-order chi connectivity index (χ1) is 11.7. The second-order valence-electron chi connectivity index (χ2n) is 5.75. The molecule has 0 fully saturated rings. The molecule has 0 unspecified atom stereocenters. The first-order valence-corrected chi connectivity index (χ1v) is 8.08. The van der Waals surface area contributed by atoms with Gasteiger partial charge in [-0.25, -0.2) is 4.98 Å². The average Bonchev–Trinajstić information content (AvgIpc) is 2.99. The fourth-order valence-corrected chi connectivity index (χ4v) is 3.23. The van der Waals surface area contributed by atoms with Gasteiger partial charge in [0.1, 0.15) is 11.6 Å². The molecule has 0 bridgehead atoms. The van der Waals surface area contributed by atoms with Crippen LogP contribution in [-0.2, 0) is 6.54 Å². The van der Waals surface area contributed by atoms with Gasteiger partial charge in [-0.15, -0.1) is 0 Å². The van der Waals surface area contributed by atoms with Gasteiger partial charge >= 0.3 is 0 Å². The van der Waals surface area contributed by atoms with Crippen LogP contribution in [0.1, 0.15) is 17.8 Å². The molecule has 5 heteroatoms. The number of rotatable bonds is 2. The third kappa shape index (κ3) is 2.49. The Morgan fingerprint density at radius 1 is 1.25 bits per heavy atom. The molecule has 0 saturated carbocycles. The lowest BCUT2D eigenvalue weighted by Crippen LogP contribution is -2.20. The maximum absolute atomic E-state index is 12.7. The molecule has 24 heavy (non-hydrogen) atoms. The highest BCUT2D eigenvalue weighted by atomic mass is 35.5. The molecular formula is C19H15ClN2O2. The number of ether oxygens (including phenoxy) is 1. The van der Waals surface area contributed by atoms with Gasteiger partial charge in [0.2, 0.25) is 0 Å². The van der Waals surface area contributed by atoms with E-state index in [2.05, 4.69) is 11.1 Å². The molecule has 1 aromatic heterocycles. The van der Waals surface area contributed by atoms with Crippen molar-refractivity contribution in [3.8, 4) is 5.75 Å². The first kappa shape index (κ1) is 15.0. The average molecular weight is 339 g/mol. The molecule has 0 saturated heterocycles. The topological polar surface area (TPSA) is 44.1 Å². The van der Waals surface area contributed by atoms with Gasteiger partial charge in [-0.05, 0) is 54.0 Å². The van der Waals surface area contributed by atoms with Gasteiger partial charge in [0.05, 0.1) is 18.0 Å². The van der Waals surface area contributed by atoms with Crippen LogP contribution in [0.25, 0.3) is 22.6 Å². The third-order valence-corrected chi connectivity index (χ3v) is 4.48. The van der Waals surface area contributed by atoms with Crippen LogP contribution >= 0.6 is 11.6 Å². The van der Waals surface area contributed by atoms with Crippen molar-refractivity contribution >= 4 is 34.2 Å². The number of fused-ring (bicyclic) bond motifs is 2. The smallest absolute Gasteiger partial charge is 0.261 e. The molecule has 1 aliphatic rings. The van der Waals surface area contributed by atoms with E-state index in [0.29, 0.717) is 22.5 Å². The highest BCUT2D eigenvalue weighted by Crippen LogP contribution is 2.28. The number of nitrogens with zero attached hydrogens (tertiary/aromatic N) is 2. The minimum absolute atomic E-state index is 0.0356. The van der Waals surface area contributed by atoms with Crippen molar-refractivity contribution in [2.75, 3.05) is 7.11 Å².